The highest BCUT2D eigenvalue weighted by Gasteiger charge is 2.27. The van der Waals surface area contributed by atoms with Crippen LogP contribution in [0.25, 0.3) is 0 Å². The first kappa shape index (κ1) is 22.1. The number of methoxy groups -OCH3 is 1. The van der Waals surface area contributed by atoms with Crippen molar-refractivity contribution in [2.45, 2.75) is 17.4 Å². The van der Waals surface area contributed by atoms with Crippen LogP contribution in [0.1, 0.15) is 17.2 Å². The summed E-state index contributed by atoms with van der Waals surface area (Å²) < 4.78 is 33.9. The normalized spacial score (nSPS) is 18.7. The van der Waals surface area contributed by atoms with Gasteiger partial charge in [-0.1, -0.05) is 12.1 Å². The molecule has 7 nitrogen and oxygen atoms in total. The number of anilines is 1. The molecular weight excluding hydrogens is 412 g/mol. The molecule has 0 spiro atoms. The van der Waals surface area contributed by atoms with Crippen LogP contribution >= 0.6 is 0 Å². The van der Waals surface area contributed by atoms with E-state index in [0.29, 0.717) is 12.3 Å². The molecule has 1 saturated heterocycles. The first-order chi connectivity index (χ1) is 14.9. The fraction of sp³-hybridized carbons (Fsp3) is 0.478. The highest BCUT2D eigenvalue weighted by Crippen LogP contribution is 2.31. The Kier molecular flexibility index (Phi) is 6.52. The fourth-order valence-electron chi connectivity index (χ4n) is 4.41. The number of fused-ring (bicyclic) bond motifs is 1. The highest BCUT2D eigenvalue weighted by atomic mass is 32.2. The molecule has 0 amide bonds. The van der Waals surface area contributed by atoms with Crippen molar-refractivity contribution in [2.24, 2.45) is 0 Å². The van der Waals surface area contributed by atoms with Crippen molar-refractivity contribution in [3.63, 3.8) is 0 Å². The lowest BCUT2D eigenvalue weighted by molar-refractivity contribution is 0.113. The van der Waals surface area contributed by atoms with Crippen LogP contribution in [0.2, 0.25) is 0 Å². The maximum absolute atomic E-state index is 12.9. The van der Waals surface area contributed by atoms with Gasteiger partial charge in [-0.2, -0.15) is 0 Å². The van der Waals surface area contributed by atoms with Crippen molar-refractivity contribution in [3.05, 3.63) is 53.6 Å². The van der Waals surface area contributed by atoms with E-state index >= 15 is 0 Å². The summed E-state index contributed by atoms with van der Waals surface area (Å²) >= 11 is 0. The third-order valence-electron chi connectivity index (χ3n) is 6.43. The van der Waals surface area contributed by atoms with Crippen LogP contribution in [0.5, 0.6) is 5.75 Å². The summed E-state index contributed by atoms with van der Waals surface area (Å²) in [4.78, 5) is 7.24. The molecule has 4 rings (SSSR count). The molecule has 0 saturated carbocycles. The van der Waals surface area contributed by atoms with Crippen molar-refractivity contribution in [1.82, 2.24) is 14.5 Å². The van der Waals surface area contributed by atoms with Crippen molar-refractivity contribution in [3.8, 4) is 5.75 Å². The number of benzene rings is 2. The number of nitrogens with one attached hydrogen (secondary N) is 1. The number of hydrogen-bond acceptors (Lipinski definition) is 6. The van der Waals surface area contributed by atoms with Crippen molar-refractivity contribution >= 4 is 15.7 Å². The summed E-state index contributed by atoms with van der Waals surface area (Å²) in [5.41, 5.74) is 3.80. The van der Waals surface area contributed by atoms with Crippen LogP contribution in [0, 0.1) is 0 Å². The summed E-state index contributed by atoms with van der Waals surface area (Å²) in [7, 11) is 2.20. The third kappa shape index (κ3) is 4.87. The Bertz CT molecular complexity index is 1000. The molecule has 0 aromatic heterocycles. The highest BCUT2D eigenvalue weighted by molar-refractivity contribution is 7.89. The van der Waals surface area contributed by atoms with E-state index in [1.807, 2.05) is 0 Å². The zero-order valence-corrected chi connectivity index (χ0v) is 19.4. The number of ether oxygens (including phenoxy) is 1. The molecule has 1 atom stereocenters. The van der Waals surface area contributed by atoms with Crippen LogP contribution in [0.15, 0.2) is 47.4 Å². The SMILES string of the molecule is COc1ccc(S(=O)(=O)NCC(c2ccc3c(c2)CCN3C)N2CCN(C)CC2)cc1. The minimum absolute atomic E-state index is 0.00192. The second kappa shape index (κ2) is 9.16. The summed E-state index contributed by atoms with van der Waals surface area (Å²) in [5, 5.41) is 0. The van der Waals surface area contributed by atoms with Crippen LogP contribution in [-0.2, 0) is 16.4 Å². The molecule has 8 heteroatoms. The summed E-state index contributed by atoms with van der Waals surface area (Å²) in [6, 6.07) is 13.1. The first-order valence-electron chi connectivity index (χ1n) is 10.8. The Balaban J connectivity index is 1.56. The van der Waals surface area contributed by atoms with Gasteiger partial charge >= 0.3 is 0 Å². The van der Waals surface area contributed by atoms with E-state index < -0.39 is 10.0 Å². The lowest BCUT2D eigenvalue weighted by atomic mass is 10.0. The number of nitrogens with zero attached hydrogens (tertiary/aromatic N) is 3. The third-order valence-corrected chi connectivity index (χ3v) is 7.87. The van der Waals surface area contributed by atoms with Gasteiger partial charge in [0.2, 0.25) is 10.0 Å². The van der Waals surface area contributed by atoms with Crippen molar-refractivity contribution < 1.29 is 13.2 Å². The van der Waals surface area contributed by atoms with Gasteiger partial charge in [-0.15, -0.1) is 0 Å². The van der Waals surface area contributed by atoms with E-state index in [9.17, 15) is 8.42 Å². The number of rotatable bonds is 7. The Labute approximate surface area is 185 Å². The minimum Gasteiger partial charge on any atom is -0.497 e. The molecule has 1 N–H and O–H groups in total. The number of likely N-dealkylation sites (N-methyl/N-ethyl adjacent to an activating group) is 2. The molecule has 31 heavy (non-hydrogen) atoms. The first-order valence-corrected chi connectivity index (χ1v) is 12.3. The average molecular weight is 445 g/mol. The van der Waals surface area contributed by atoms with E-state index in [1.165, 1.54) is 16.8 Å². The molecule has 2 aromatic carbocycles. The second-order valence-electron chi connectivity index (χ2n) is 8.44. The molecule has 0 aliphatic carbocycles. The fourth-order valence-corrected chi connectivity index (χ4v) is 5.45. The Hall–Kier alpha value is -2.13. The quantitative estimate of drug-likeness (QED) is 0.704. The van der Waals surface area contributed by atoms with Crippen LogP contribution in [0.3, 0.4) is 0 Å². The maximum atomic E-state index is 12.9. The number of piperazine rings is 1. The van der Waals surface area contributed by atoms with Gasteiger partial charge in [-0.3, -0.25) is 4.90 Å². The molecule has 2 aliphatic heterocycles. The zero-order chi connectivity index (χ0) is 22.0. The molecule has 2 aromatic rings. The van der Waals surface area contributed by atoms with Gasteiger partial charge in [0.25, 0.3) is 0 Å². The van der Waals surface area contributed by atoms with E-state index in [-0.39, 0.29) is 10.9 Å². The molecular formula is C23H32N4O3S. The topological polar surface area (TPSA) is 65.1 Å². The standard InChI is InChI=1S/C23H32N4O3S/c1-25-12-14-27(15-13-25)23(18-4-9-22-19(16-18)10-11-26(22)2)17-24-31(28,29)21-7-5-20(30-3)6-8-21/h4-9,16,23-24H,10-15,17H2,1-3H3. The Morgan fingerprint density at radius 2 is 1.71 bits per heavy atom. The smallest absolute Gasteiger partial charge is 0.240 e. The predicted octanol–water partition coefficient (Wildman–Crippen LogP) is 1.95. The number of sulfonamides is 1. The van der Waals surface area contributed by atoms with Crippen LogP contribution in [0.4, 0.5) is 5.69 Å². The molecule has 0 bridgehead atoms. The van der Waals surface area contributed by atoms with Gasteiger partial charge in [-0.05, 0) is 54.9 Å². The maximum Gasteiger partial charge on any atom is 0.240 e. The van der Waals surface area contributed by atoms with Gasteiger partial charge in [-0.25, -0.2) is 13.1 Å². The zero-order valence-electron chi connectivity index (χ0n) is 18.5. The summed E-state index contributed by atoms with van der Waals surface area (Å²) in [6.45, 7) is 5.17. The lowest BCUT2D eigenvalue weighted by Crippen LogP contribution is -2.48. The van der Waals surface area contributed by atoms with E-state index in [0.717, 1.165) is 39.1 Å². The molecule has 0 radical (unpaired) electrons. The van der Waals surface area contributed by atoms with Gasteiger partial charge < -0.3 is 14.5 Å². The number of hydrogen-bond donors (Lipinski definition) is 1. The van der Waals surface area contributed by atoms with E-state index in [2.05, 4.69) is 51.7 Å². The molecule has 1 unspecified atom stereocenters. The predicted molar refractivity (Wildman–Crippen MR) is 123 cm³/mol. The molecule has 168 valence electrons. The van der Waals surface area contributed by atoms with Crippen molar-refractivity contribution in [1.29, 1.82) is 0 Å². The van der Waals surface area contributed by atoms with Gasteiger partial charge in [0.15, 0.2) is 0 Å². The van der Waals surface area contributed by atoms with Gasteiger partial charge in [0.1, 0.15) is 5.75 Å². The summed E-state index contributed by atoms with van der Waals surface area (Å²) in [5.74, 6) is 0.636. The van der Waals surface area contributed by atoms with Crippen LogP contribution in [-0.4, -0.2) is 78.7 Å². The second-order valence-corrected chi connectivity index (χ2v) is 10.2. The molecule has 2 heterocycles. The average Bonchev–Trinajstić information content (AvgIpc) is 3.15. The van der Waals surface area contributed by atoms with Gasteiger partial charge in [0.05, 0.1) is 12.0 Å². The Morgan fingerprint density at radius 3 is 2.39 bits per heavy atom. The minimum atomic E-state index is -3.61. The van der Waals surface area contributed by atoms with E-state index in [1.54, 1.807) is 31.4 Å². The summed E-state index contributed by atoms with van der Waals surface area (Å²) in [6.07, 6.45) is 1.03. The lowest BCUT2D eigenvalue weighted by Gasteiger charge is -2.38. The molecule has 1 fully saturated rings. The molecule has 2 aliphatic rings. The van der Waals surface area contributed by atoms with Crippen molar-refractivity contribution in [2.75, 3.05) is 65.4 Å². The Morgan fingerprint density at radius 1 is 1.00 bits per heavy atom. The van der Waals surface area contributed by atoms with E-state index in [4.69, 9.17) is 4.74 Å². The van der Waals surface area contributed by atoms with Crippen LogP contribution < -0.4 is 14.4 Å². The monoisotopic (exact) mass is 444 g/mol. The van der Waals surface area contributed by atoms with Gasteiger partial charge in [0, 0.05) is 58.0 Å². The largest absolute Gasteiger partial charge is 0.497 e.